The van der Waals surface area contributed by atoms with E-state index < -0.39 is 18.1 Å². The number of carbonyl (C=O) groups is 1. The first kappa shape index (κ1) is 38.1. The quantitative estimate of drug-likeness (QED) is 0.103. The van der Waals surface area contributed by atoms with Crippen LogP contribution in [0.1, 0.15) is 59.6 Å². The van der Waals surface area contributed by atoms with Gasteiger partial charge < -0.3 is 29.3 Å². The molecular weight excluding hydrogens is 682 g/mol. The van der Waals surface area contributed by atoms with Crippen LogP contribution in [0.3, 0.4) is 0 Å². The number of benzene rings is 3. The lowest BCUT2D eigenvalue weighted by atomic mass is 9.93. The van der Waals surface area contributed by atoms with Crippen molar-refractivity contribution in [3.63, 3.8) is 0 Å². The number of aliphatic carboxylic acids is 1. The first-order valence-electron chi connectivity index (χ1n) is 17.1. The topological polar surface area (TPSA) is 161 Å². The summed E-state index contributed by atoms with van der Waals surface area (Å²) < 4.78 is 18.5. The maximum atomic E-state index is 11.8. The summed E-state index contributed by atoms with van der Waals surface area (Å²) in [5, 5.41) is 42.0. The smallest absolute Gasteiger partial charge is 0.326 e. The van der Waals surface area contributed by atoms with Crippen molar-refractivity contribution in [1.29, 1.82) is 10.5 Å². The van der Waals surface area contributed by atoms with Crippen LogP contribution in [0.4, 0.5) is 0 Å². The molecular formula is C40H42ClN5O6. The lowest BCUT2D eigenvalue weighted by Gasteiger charge is -2.25. The summed E-state index contributed by atoms with van der Waals surface area (Å²) in [5.74, 6) is 0.0457. The van der Waals surface area contributed by atoms with E-state index in [2.05, 4.69) is 27.3 Å². The molecule has 1 fully saturated rings. The van der Waals surface area contributed by atoms with Gasteiger partial charge in [-0.25, -0.2) is 0 Å². The number of likely N-dealkylation sites (tertiary alicyclic amines) is 1. The van der Waals surface area contributed by atoms with Crippen LogP contribution in [0.5, 0.6) is 17.2 Å². The minimum atomic E-state index is -1.60. The second kappa shape index (κ2) is 17.9. The minimum absolute atomic E-state index is 0.0127. The van der Waals surface area contributed by atoms with Gasteiger partial charge in [-0.15, -0.1) is 0 Å². The van der Waals surface area contributed by atoms with Crippen LogP contribution in [0.25, 0.3) is 11.1 Å². The number of aromatic nitrogens is 1. The number of hydrogen-bond donors (Lipinski definition) is 3. The van der Waals surface area contributed by atoms with Gasteiger partial charge in [-0.1, -0.05) is 41.9 Å². The predicted molar refractivity (Wildman–Crippen MR) is 196 cm³/mol. The Morgan fingerprint density at radius 3 is 2.44 bits per heavy atom. The Kier molecular flexibility index (Phi) is 13.1. The fraction of sp³-hybridized carbons (Fsp3) is 0.350. The molecule has 0 aliphatic carbocycles. The van der Waals surface area contributed by atoms with Gasteiger partial charge >= 0.3 is 5.97 Å². The zero-order valence-electron chi connectivity index (χ0n) is 29.3. The molecule has 0 saturated carbocycles. The van der Waals surface area contributed by atoms with Gasteiger partial charge in [-0.3, -0.25) is 15.1 Å². The Hall–Kier alpha value is -5.17. The monoisotopic (exact) mass is 723 g/mol. The van der Waals surface area contributed by atoms with Crippen LogP contribution in [-0.4, -0.2) is 64.5 Å². The van der Waals surface area contributed by atoms with Crippen molar-refractivity contribution in [3.8, 4) is 40.5 Å². The summed E-state index contributed by atoms with van der Waals surface area (Å²) in [4.78, 5) is 18.3. The fourth-order valence-corrected chi connectivity index (χ4v) is 6.23. The number of pyridine rings is 1. The molecule has 0 radical (unpaired) electrons. The fourth-order valence-electron chi connectivity index (χ4n) is 5.99. The van der Waals surface area contributed by atoms with Gasteiger partial charge in [-0.2, -0.15) is 10.5 Å². The number of ether oxygens (including phenoxy) is 3. The molecule has 52 heavy (non-hydrogen) atoms. The van der Waals surface area contributed by atoms with E-state index in [1.807, 2.05) is 43.3 Å². The van der Waals surface area contributed by atoms with E-state index in [9.17, 15) is 25.5 Å². The second-order valence-corrected chi connectivity index (χ2v) is 13.3. The van der Waals surface area contributed by atoms with Gasteiger partial charge in [0.15, 0.2) is 0 Å². The number of nitrogens with one attached hydrogen (secondary N) is 1. The normalized spacial score (nSPS) is 13.9. The van der Waals surface area contributed by atoms with Crippen molar-refractivity contribution < 1.29 is 29.2 Å². The first-order chi connectivity index (χ1) is 25.1. The molecule has 11 nitrogen and oxygen atoms in total. The zero-order chi connectivity index (χ0) is 37.1. The van der Waals surface area contributed by atoms with E-state index in [1.54, 1.807) is 24.4 Å². The standard InChI is InChI=1S/C40H42ClN5O6/c1-27-30(8-5-9-32(27)33-10-6-11-36(34(33)20-43)50-15-7-14-46-12-3-4-13-46)25-52-38-18-37(51-24-29-16-28(19-42)21-44-22-29)31(17-35(38)41)23-45-40(2,26-47)39(48)49/h5-6,8-11,16-18,21-22,45,47H,3-4,7,12-15,23-26H2,1-2H3,(H,48,49)/t40-/m1/s1. The van der Waals surface area contributed by atoms with Crippen LogP contribution >= 0.6 is 11.6 Å². The van der Waals surface area contributed by atoms with Crippen LogP contribution in [0.15, 0.2) is 67.0 Å². The predicted octanol–water partition coefficient (Wildman–Crippen LogP) is 6.40. The number of aliphatic hydroxyl groups is 1. The minimum Gasteiger partial charge on any atom is -0.492 e. The van der Waals surface area contributed by atoms with E-state index >= 15 is 0 Å². The van der Waals surface area contributed by atoms with Crippen molar-refractivity contribution >= 4 is 17.6 Å². The summed E-state index contributed by atoms with van der Waals surface area (Å²) in [6.45, 7) is 6.75. The molecule has 1 saturated heterocycles. The maximum absolute atomic E-state index is 11.8. The highest BCUT2D eigenvalue weighted by molar-refractivity contribution is 6.32. The van der Waals surface area contributed by atoms with E-state index in [1.165, 1.54) is 26.0 Å². The van der Waals surface area contributed by atoms with Crippen LogP contribution in [0, 0.1) is 29.6 Å². The molecule has 0 amide bonds. The maximum Gasteiger partial charge on any atom is 0.326 e. The third kappa shape index (κ3) is 9.38. The highest BCUT2D eigenvalue weighted by Crippen LogP contribution is 2.36. The lowest BCUT2D eigenvalue weighted by molar-refractivity contribution is -0.145. The second-order valence-electron chi connectivity index (χ2n) is 12.9. The Morgan fingerprint density at radius 1 is 0.962 bits per heavy atom. The molecule has 5 rings (SSSR count). The molecule has 3 aromatic carbocycles. The number of carboxylic acids is 1. The molecule has 1 aromatic heterocycles. The Morgan fingerprint density at radius 2 is 1.71 bits per heavy atom. The van der Waals surface area contributed by atoms with Crippen LogP contribution in [0.2, 0.25) is 5.02 Å². The van der Waals surface area contributed by atoms with Gasteiger partial charge in [0.25, 0.3) is 0 Å². The van der Waals surface area contributed by atoms with Crippen molar-refractivity contribution in [3.05, 3.63) is 105 Å². The lowest BCUT2D eigenvalue weighted by Crippen LogP contribution is -2.52. The number of rotatable bonds is 17. The summed E-state index contributed by atoms with van der Waals surface area (Å²) >= 11 is 6.71. The molecule has 1 atom stereocenters. The molecule has 270 valence electrons. The summed E-state index contributed by atoms with van der Waals surface area (Å²) in [5.41, 5.74) is 3.92. The van der Waals surface area contributed by atoms with E-state index in [-0.39, 0.29) is 24.8 Å². The molecule has 3 N–H and O–H groups in total. The van der Waals surface area contributed by atoms with Gasteiger partial charge in [0.2, 0.25) is 0 Å². The molecule has 0 spiro atoms. The average molecular weight is 724 g/mol. The third-order valence-electron chi connectivity index (χ3n) is 9.22. The number of halogens is 1. The zero-order valence-corrected chi connectivity index (χ0v) is 30.1. The number of nitriles is 2. The molecule has 2 heterocycles. The molecule has 12 heteroatoms. The van der Waals surface area contributed by atoms with Gasteiger partial charge in [0, 0.05) is 48.2 Å². The van der Waals surface area contributed by atoms with Crippen LogP contribution in [-0.2, 0) is 24.6 Å². The molecule has 0 bridgehead atoms. The number of nitrogens with zero attached hydrogens (tertiary/aromatic N) is 4. The molecule has 1 aliphatic rings. The Balaban J connectivity index is 1.35. The van der Waals surface area contributed by atoms with Crippen molar-refractivity contribution in [2.75, 3.05) is 32.8 Å². The van der Waals surface area contributed by atoms with Crippen molar-refractivity contribution in [2.45, 2.75) is 58.4 Å². The van der Waals surface area contributed by atoms with Gasteiger partial charge in [0.1, 0.15) is 53.7 Å². The van der Waals surface area contributed by atoms with Crippen molar-refractivity contribution in [1.82, 2.24) is 15.2 Å². The molecule has 1 aliphatic heterocycles. The summed E-state index contributed by atoms with van der Waals surface area (Å²) in [6.07, 6.45) is 6.43. The van der Waals surface area contributed by atoms with Crippen LogP contribution < -0.4 is 19.5 Å². The third-order valence-corrected chi connectivity index (χ3v) is 9.52. The van der Waals surface area contributed by atoms with E-state index in [4.69, 9.17) is 25.8 Å². The summed E-state index contributed by atoms with van der Waals surface area (Å²) in [6, 6.07) is 20.8. The number of carboxylic acid groups (broad SMARTS) is 1. The van der Waals surface area contributed by atoms with Crippen molar-refractivity contribution in [2.24, 2.45) is 0 Å². The van der Waals surface area contributed by atoms with Gasteiger partial charge in [-0.05, 0) is 81.1 Å². The largest absolute Gasteiger partial charge is 0.492 e. The van der Waals surface area contributed by atoms with Gasteiger partial charge in [0.05, 0.1) is 23.8 Å². The Bertz CT molecular complexity index is 1970. The SMILES string of the molecule is Cc1c(COc2cc(OCc3cncc(C#N)c3)c(CN[C@](C)(CO)C(=O)O)cc2Cl)cccc1-c1cccc(OCCCN2CCCC2)c1C#N. The number of hydrogen-bond acceptors (Lipinski definition) is 10. The highest BCUT2D eigenvalue weighted by Gasteiger charge is 2.32. The Labute approximate surface area is 309 Å². The highest BCUT2D eigenvalue weighted by atomic mass is 35.5. The average Bonchev–Trinajstić information content (AvgIpc) is 3.68. The van der Waals surface area contributed by atoms with E-state index in [0.29, 0.717) is 46.1 Å². The molecule has 4 aromatic rings. The number of aliphatic hydroxyl groups excluding tert-OH is 1. The molecule has 0 unspecified atom stereocenters. The first-order valence-corrected chi connectivity index (χ1v) is 17.5. The summed E-state index contributed by atoms with van der Waals surface area (Å²) in [7, 11) is 0. The van der Waals surface area contributed by atoms with E-state index in [0.717, 1.165) is 48.3 Å².